The average Bonchev–Trinajstić information content (AvgIpc) is 2.45. The number of hydrogen-bond acceptors (Lipinski definition) is 3. The summed E-state index contributed by atoms with van der Waals surface area (Å²) in [4.78, 5) is 0. The smallest absolute Gasteiger partial charge is 0.123 e. The molecule has 0 bridgehead atoms. The van der Waals surface area contributed by atoms with Crippen LogP contribution in [0, 0.1) is 5.92 Å². The number of benzene rings is 1. The van der Waals surface area contributed by atoms with Gasteiger partial charge in [-0.3, -0.25) is 0 Å². The van der Waals surface area contributed by atoms with Gasteiger partial charge in [0.2, 0.25) is 0 Å². The lowest BCUT2D eigenvalue weighted by molar-refractivity contribution is 0.337. The fourth-order valence-electron chi connectivity index (χ4n) is 1.86. The van der Waals surface area contributed by atoms with E-state index in [1.54, 1.807) is 0 Å². The van der Waals surface area contributed by atoms with Crippen LogP contribution in [0.25, 0.3) is 0 Å². The summed E-state index contributed by atoms with van der Waals surface area (Å²) in [6.45, 7) is 11.8. The van der Waals surface area contributed by atoms with E-state index in [0.717, 1.165) is 18.1 Å². The van der Waals surface area contributed by atoms with Gasteiger partial charge in [0.1, 0.15) is 5.75 Å². The number of hydrogen-bond donors (Lipinski definition) is 1. The summed E-state index contributed by atoms with van der Waals surface area (Å²) in [5.41, 5.74) is 2.63. The largest absolute Gasteiger partial charge is 0.494 e. The summed E-state index contributed by atoms with van der Waals surface area (Å²) in [6.07, 6.45) is 0. The number of thioether (sulfide) groups is 1. The topological polar surface area (TPSA) is 21.3 Å². The zero-order chi connectivity index (χ0) is 15.1. The van der Waals surface area contributed by atoms with Gasteiger partial charge in [-0.25, -0.2) is 0 Å². The zero-order valence-corrected chi connectivity index (χ0v) is 14.5. The Hall–Kier alpha value is -0.670. The molecule has 0 fully saturated rings. The Morgan fingerprint density at radius 3 is 2.45 bits per heavy atom. The number of rotatable bonds is 8. The molecular formula is C17H29NOS. The molecule has 0 heterocycles. The fourth-order valence-corrected chi connectivity index (χ4v) is 2.91. The minimum absolute atomic E-state index is 0.372. The van der Waals surface area contributed by atoms with Crippen molar-refractivity contribution in [2.45, 2.75) is 51.7 Å². The standard InChI is InChI=1S/C17H29NOS/c1-7-19-17-9-8-15(13(4)18-6)10-16(17)11-20-14(5)12(2)3/h8-10,12-14,18H,7,11H2,1-6H3. The van der Waals surface area contributed by atoms with Gasteiger partial charge in [-0.05, 0) is 44.5 Å². The highest BCUT2D eigenvalue weighted by Crippen LogP contribution is 2.30. The van der Waals surface area contributed by atoms with E-state index in [1.165, 1.54) is 11.1 Å². The third-order valence-corrected chi connectivity index (χ3v) is 5.31. The summed E-state index contributed by atoms with van der Waals surface area (Å²) in [7, 11) is 2.00. The van der Waals surface area contributed by atoms with Crippen molar-refractivity contribution >= 4 is 11.8 Å². The average molecular weight is 295 g/mol. The first kappa shape index (κ1) is 17.4. The molecule has 2 atom stereocenters. The van der Waals surface area contributed by atoms with Gasteiger partial charge in [-0.1, -0.05) is 26.8 Å². The maximum Gasteiger partial charge on any atom is 0.123 e. The van der Waals surface area contributed by atoms with Crippen LogP contribution in [0.2, 0.25) is 0 Å². The molecule has 20 heavy (non-hydrogen) atoms. The Bertz CT molecular complexity index is 406. The molecule has 3 heteroatoms. The van der Waals surface area contributed by atoms with Gasteiger partial charge in [0, 0.05) is 22.6 Å². The monoisotopic (exact) mass is 295 g/mol. The lowest BCUT2D eigenvalue weighted by atomic mass is 10.1. The highest BCUT2D eigenvalue weighted by Gasteiger charge is 2.12. The van der Waals surface area contributed by atoms with Crippen molar-refractivity contribution < 1.29 is 4.74 Å². The molecule has 1 rings (SSSR count). The summed E-state index contributed by atoms with van der Waals surface area (Å²) in [5.74, 6) is 2.75. The van der Waals surface area contributed by atoms with Crippen LogP contribution in [-0.4, -0.2) is 18.9 Å². The van der Waals surface area contributed by atoms with Crippen molar-refractivity contribution in [2.24, 2.45) is 5.92 Å². The molecule has 1 N–H and O–H groups in total. The highest BCUT2D eigenvalue weighted by atomic mass is 32.2. The van der Waals surface area contributed by atoms with E-state index in [2.05, 4.69) is 51.2 Å². The predicted octanol–water partition coefficient (Wildman–Crippen LogP) is 4.64. The molecule has 0 aromatic heterocycles. The van der Waals surface area contributed by atoms with Crippen molar-refractivity contribution in [3.63, 3.8) is 0 Å². The lowest BCUT2D eigenvalue weighted by Gasteiger charge is -2.18. The number of ether oxygens (including phenoxy) is 1. The minimum Gasteiger partial charge on any atom is -0.494 e. The van der Waals surface area contributed by atoms with E-state index < -0.39 is 0 Å². The maximum absolute atomic E-state index is 5.76. The Morgan fingerprint density at radius 2 is 1.90 bits per heavy atom. The van der Waals surface area contributed by atoms with Gasteiger partial charge in [-0.15, -0.1) is 0 Å². The van der Waals surface area contributed by atoms with E-state index in [-0.39, 0.29) is 0 Å². The lowest BCUT2D eigenvalue weighted by Crippen LogP contribution is -2.13. The second-order valence-electron chi connectivity index (χ2n) is 5.57. The van der Waals surface area contributed by atoms with E-state index >= 15 is 0 Å². The van der Waals surface area contributed by atoms with E-state index in [4.69, 9.17) is 4.74 Å². The van der Waals surface area contributed by atoms with Crippen LogP contribution >= 0.6 is 11.8 Å². The summed E-state index contributed by atoms with van der Waals surface area (Å²) < 4.78 is 5.76. The third-order valence-electron chi connectivity index (χ3n) is 3.76. The van der Waals surface area contributed by atoms with Crippen LogP contribution in [0.15, 0.2) is 18.2 Å². The molecule has 0 radical (unpaired) electrons. The normalized spacial score (nSPS) is 14.3. The first-order chi connectivity index (χ1) is 9.49. The van der Waals surface area contributed by atoms with E-state index in [0.29, 0.717) is 17.2 Å². The number of nitrogens with one attached hydrogen (secondary N) is 1. The Labute approximate surface area is 128 Å². The molecule has 1 aromatic carbocycles. The van der Waals surface area contributed by atoms with Gasteiger partial charge in [0.25, 0.3) is 0 Å². The van der Waals surface area contributed by atoms with Crippen molar-refractivity contribution in [3.8, 4) is 5.75 Å². The van der Waals surface area contributed by atoms with Crippen LogP contribution in [-0.2, 0) is 5.75 Å². The van der Waals surface area contributed by atoms with Crippen molar-refractivity contribution in [2.75, 3.05) is 13.7 Å². The van der Waals surface area contributed by atoms with E-state index in [9.17, 15) is 0 Å². The predicted molar refractivity (Wildman–Crippen MR) is 90.7 cm³/mol. The second kappa shape index (κ2) is 8.58. The third kappa shape index (κ3) is 5.02. The Kier molecular flexibility index (Phi) is 7.46. The van der Waals surface area contributed by atoms with Crippen LogP contribution in [0.1, 0.15) is 51.8 Å². The molecule has 0 aliphatic heterocycles. The SMILES string of the molecule is CCOc1ccc(C(C)NC)cc1CSC(C)C(C)C. The van der Waals surface area contributed by atoms with Crippen LogP contribution < -0.4 is 10.1 Å². The van der Waals surface area contributed by atoms with Crippen molar-refractivity contribution in [1.29, 1.82) is 0 Å². The van der Waals surface area contributed by atoms with Crippen molar-refractivity contribution in [3.05, 3.63) is 29.3 Å². The molecule has 0 saturated carbocycles. The van der Waals surface area contributed by atoms with Gasteiger partial charge >= 0.3 is 0 Å². The van der Waals surface area contributed by atoms with Crippen LogP contribution in [0.4, 0.5) is 0 Å². The molecule has 2 nitrogen and oxygen atoms in total. The van der Waals surface area contributed by atoms with Crippen LogP contribution in [0.5, 0.6) is 5.75 Å². The Balaban J connectivity index is 2.88. The molecule has 114 valence electrons. The zero-order valence-electron chi connectivity index (χ0n) is 13.7. The molecule has 0 aliphatic rings. The van der Waals surface area contributed by atoms with Gasteiger partial charge in [0.15, 0.2) is 0 Å². The highest BCUT2D eigenvalue weighted by molar-refractivity contribution is 7.99. The quantitative estimate of drug-likeness (QED) is 0.754. The minimum atomic E-state index is 0.372. The van der Waals surface area contributed by atoms with Gasteiger partial charge in [-0.2, -0.15) is 11.8 Å². The molecule has 0 aliphatic carbocycles. The summed E-state index contributed by atoms with van der Waals surface area (Å²) in [6, 6.07) is 6.93. The first-order valence-corrected chi connectivity index (χ1v) is 8.58. The molecular weight excluding hydrogens is 266 g/mol. The van der Waals surface area contributed by atoms with Gasteiger partial charge in [0.05, 0.1) is 6.61 Å². The second-order valence-corrected chi connectivity index (χ2v) is 6.94. The molecule has 0 amide bonds. The molecule has 1 aromatic rings. The molecule has 2 unspecified atom stereocenters. The molecule has 0 spiro atoms. The van der Waals surface area contributed by atoms with Crippen LogP contribution in [0.3, 0.4) is 0 Å². The maximum atomic E-state index is 5.76. The van der Waals surface area contributed by atoms with E-state index in [1.807, 2.05) is 25.7 Å². The summed E-state index contributed by atoms with van der Waals surface area (Å²) in [5, 5.41) is 3.96. The fraction of sp³-hybridized carbons (Fsp3) is 0.647. The van der Waals surface area contributed by atoms with Crippen molar-refractivity contribution in [1.82, 2.24) is 5.32 Å². The molecule has 0 saturated heterocycles. The Morgan fingerprint density at radius 1 is 1.20 bits per heavy atom. The van der Waals surface area contributed by atoms with Gasteiger partial charge < -0.3 is 10.1 Å². The first-order valence-electron chi connectivity index (χ1n) is 7.54. The summed E-state index contributed by atoms with van der Waals surface area (Å²) >= 11 is 2.01.